The molecule has 0 spiro atoms. The van der Waals surface area contributed by atoms with Gasteiger partial charge in [-0.2, -0.15) is 0 Å². The number of carbonyl (C=O) groups excluding carboxylic acids is 1. The summed E-state index contributed by atoms with van der Waals surface area (Å²) in [5.41, 5.74) is 4.88. The van der Waals surface area contributed by atoms with E-state index in [0.717, 1.165) is 24.8 Å². The first-order valence-electron chi connectivity index (χ1n) is 7.00. The molecule has 1 aromatic rings. The van der Waals surface area contributed by atoms with E-state index >= 15 is 0 Å². The number of aryl methyl sites for hydroxylation is 1. The van der Waals surface area contributed by atoms with E-state index < -0.39 is 0 Å². The Hall–Kier alpha value is -1.61. The van der Waals surface area contributed by atoms with Crippen LogP contribution in [0.1, 0.15) is 38.3 Å². The van der Waals surface area contributed by atoms with Gasteiger partial charge in [-0.05, 0) is 49.8 Å². The second kappa shape index (κ2) is 8.54. The molecule has 0 aliphatic rings. The summed E-state index contributed by atoms with van der Waals surface area (Å²) in [5, 5.41) is 8.95. The number of hydrogen-bond acceptors (Lipinski definition) is 3. The van der Waals surface area contributed by atoms with Crippen molar-refractivity contribution in [2.45, 2.75) is 40.0 Å². The average Bonchev–Trinajstić information content (AvgIpc) is 2.43. The summed E-state index contributed by atoms with van der Waals surface area (Å²) in [6.07, 6.45) is 2.53. The number of ether oxygens (including phenoxy) is 1. The fourth-order valence-corrected chi connectivity index (χ4v) is 2.01. The predicted molar refractivity (Wildman–Crippen MR) is 80.6 cm³/mol. The van der Waals surface area contributed by atoms with Gasteiger partial charge in [0.2, 0.25) is 0 Å². The lowest BCUT2D eigenvalue weighted by Gasteiger charge is -2.12. The molecule has 20 heavy (non-hydrogen) atoms. The fraction of sp³-hybridized carbons (Fsp3) is 0.471. The van der Waals surface area contributed by atoms with Crippen molar-refractivity contribution in [3.8, 4) is 0 Å². The molecular weight excluding hydrogens is 252 g/mol. The Balaban J connectivity index is 2.76. The molecule has 0 aliphatic heterocycles. The minimum Gasteiger partial charge on any atom is -0.461 e. The molecule has 0 aromatic heterocycles. The molecule has 0 aliphatic carbocycles. The van der Waals surface area contributed by atoms with Crippen LogP contribution in [0.25, 0.3) is 0 Å². The molecule has 1 aromatic carbocycles. The molecule has 0 heterocycles. The van der Waals surface area contributed by atoms with Crippen LogP contribution in [0.3, 0.4) is 0 Å². The van der Waals surface area contributed by atoms with Gasteiger partial charge in [-0.25, -0.2) is 0 Å². The molecular formula is C17H24O3. The van der Waals surface area contributed by atoms with Crippen molar-refractivity contribution in [1.82, 2.24) is 0 Å². The minimum atomic E-state index is -0.250. The lowest BCUT2D eigenvalue weighted by atomic mass is 9.96. The first kappa shape index (κ1) is 16.4. The first-order chi connectivity index (χ1) is 9.54. The maximum Gasteiger partial charge on any atom is 0.302 e. The number of rotatable bonds is 7. The molecule has 0 unspecified atom stereocenters. The zero-order valence-corrected chi connectivity index (χ0v) is 12.6. The Kier molecular flexibility index (Phi) is 7.02. The van der Waals surface area contributed by atoms with Crippen molar-refractivity contribution in [3.63, 3.8) is 0 Å². The third-order valence-electron chi connectivity index (χ3n) is 3.40. The highest BCUT2D eigenvalue weighted by Gasteiger charge is 2.05. The highest BCUT2D eigenvalue weighted by Crippen LogP contribution is 2.17. The Bertz CT molecular complexity index is 475. The van der Waals surface area contributed by atoms with E-state index in [9.17, 15) is 4.79 Å². The van der Waals surface area contributed by atoms with Gasteiger partial charge >= 0.3 is 5.97 Å². The smallest absolute Gasteiger partial charge is 0.302 e. The number of hydrogen-bond donors (Lipinski definition) is 1. The van der Waals surface area contributed by atoms with Gasteiger partial charge in [-0.3, -0.25) is 4.79 Å². The summed E-state index contributed by atoms with van der Waals surface area (Å²) in [6, 6.07) is 8.29. The maximum atomic E-state index is 10.8. The standard InChI is InChI=1S/C17H24O3/c1-13(14(2)12-20-15(3)19)11-17-8-5-4-7-16(17)9-6-10-18/h4-5,7-8,18H,6,9-12H2,1-3H3/b14-13-. The Morgan fingerprint density at radius 2 is 1.75 bits per heavy atom. The van der Waals surface area contributed by atoms with Gasteiger partial charge in [0.15, 0.2) is 0 Å². The van der Waals surface area contributed by atoms with E-state index in [1.807, 2.05) is 19.1 Å². The topological polar surface area (TPSA) is 46.5 Å². The predicted octanol–water partition coefficient (Wildman–Crippen LogP) is 3.05. The number of carbonyl (C=O) groups is 1. The lowest BCUT2D eigenvalue weighted by Crippen LogP contribution is -2.04. The molecule has 0 saturated heterocycles. The van der Waals surface area contributed by atoms with E-state index in [0.29, 0.717) is 6.61 Å². The molecule has 110 valence electrons. The zero-order valence-electron chi connectivity index (χ0n) is 12.6. The lowest BCUT2D eigenvalue weighted by molar-refractivity contribution is -0.139. The van der Waals surface area contributed by atoms with Crippen LogP contribution in [0.4, 0.5) is 0 Å². The summed E-state index contributed by atoms with van der Waals surface area (Å²) in [5.74, 6) is -0.250. The Morgan fingerprint density at radius 1 is 1.10 bits per heavy atom. The average molecular weight is 276 g/mol. The summed E-state index contributed by atoms with van der Waals surface area (Å²) in [6.45, 7) is 6.07. The van der Waals surface area contributed by atoms with Gasteiger partial charge in [0.1, 0.15) is 6.61 Å². The van der Waals surface area contributed by atoms with Crippen LogP contribution in [0.15, 0.2) is 35.4 Å². The van der Waals surface area contributed by atoms with Gasteiger partial charge < -0.3 is 9.84 Å². The largest absolute Gasteiger partial charge is 0.461 e. The van der Waals surface area contributed by atoms with Crippen molar-refractivity contribution < 1.29 is 14.6 Å². The van der Waals surface area contributed by atoms with Crippen molar-refractivity contribution in [3.05, 3.63) is 46.5 Å². The van der Waals surface area contributed by atoms with Gasteiger partial charge in [-0.1, -0.05) is 29.8 Å². The molecule has 1 rings (SSSR count). The monoisotopic (exact) mass is 276 g/mol. The highest BCUT2D eigenvalue weighted by molar-refractivity contribution is 5.66. The summed E-state index contributed by atoms with van der Waals surface area (Å²) in [4.78, 5) is 10.8. The van der Waals surface area contributed by atoms with Gasteiger partial charge in [0.25, 0.3) is 0 Å². The van der Waals surface area contributed by atoms with Crippen molar-refractivity contribution in [1.29, 1.82) is 0 Å². The summed E-state index contributed by atoms with van der Waals surface area (Å²) >= 11 is 0. The van der Waals surface area contributed by atoms with Crippen LogP contribution in [-0.4, -0.2) is 24.3 Å². The number of aliphatic hydroxyl groups excluding tert-OH is 1. The van der Waals surface area contributed by atoms with E-state index in [2.05, 4.69) is 19.1 Å². The molecule has 3 heteroatoms. The van der Waals surface area contributed by atoms with Gasteiger partial charge in [0, 0.05) is 13.5 Å². The van der Waals surface area contributed by atoms with Crippen LogP contribution in [-0.2, 0) is 22.4 Å². The summed E-state index contributed by atoms with van der Waals surface area (Å²) in [7, 11) is 0. The van der Waals surface area contributed by atoms with E-state index in [1.54, 1.807) is 0 Å². The van der Waals surface area contributed by atoms with Crippen LogP contribution in [0.5, 0.6) is 0 Å². The second-order valence-corrected chi connectivity index (χ2v) is 5.11. The SMILES string of the molecule is CC(=O)OC/C(C)=C(/C)Cc1ccccc1CCCO. The third kappa shape index (κ3) is 5.57. The second-order valence-electron chi connectivity index (χ2n) is 5.11. The Morgan fingerprint density at radius 3 is 2.35 bits per heavy atom. The van der Waals surface area contributed by atoms with Crippen LogP contribution < -0.4 is 0 Å². The van der Waals surface area contributed by atoms with Crippen molar-refractivity contribution in [2.24, 2.45) is 0 Å². The number of allylic oxidation sites excluding steroid dienone is 1. The molecule has 0 amide bonds. The van der Waals surface area contributed by atoms with E-state index in [1.165, 1.54) is 23.6 Å². The molecule has 0 fully saturated rings. The third-order valence-corrected chi connectivity index (χ3v) is 3.40. The molecule has 0 radical (unpaired) electrons. The number of esters is 1. The number of aliphatic hydroxyl groups is 1. The quantitative estimate of drug-likeness (QED) is 0.615. The molecule has 0 saturated carbocycles. The van der Waals surface area contributed by atoms with E-state index in [-0.39, 0.29) is 12.6 Å². The molecule has 3 nitrogen and oxygen atoms in total. The first-order valence-corrected chi connectivity index (χ1v) is 7.00. The molecule has 1 N–H and O–H groups in total. The van der Waals surface area contributed by atoms with Gasteiger partial charge in [-0.15, -0.1) is 0 Å². The molecule has 0 bridgehead atoms. The normalized spacial score (nSPS) is 12.0. The van der Waals surface area contributed by atoms with Crippen LogP contribution >= 0.6 is 0 Å². The van der Waals surface area contributed by atoms with Crippen LogP contribution in [0, 0.1) is 0 Å². The van der Waals surface area contributed by atoms with Crippen molar-refractivity contribution >= 4 is 5.97 Å². The maximum absolute atomic E-state index is 10.8. The number of benzene rings is 1. The van der Waals surface area contributed by atoms with Crippen LogP contribution in [0.2, 0.25) is 0 Å². The zero-order chi connectivity index (χ0) is 15.0. The van der Waals surface area contributed by atoms with E-state index in [4.69, 9.17) is 9.84 Å². The fourth-order valence-electron chi connectivity index (χ4n) is 2.01. The Labute approximate surface area is 121 Å². The molecule has 0 atom stereocenters. The summed E-state index contributed by atoms with van der Waals surface area (Å²) < 4.78 is 5.03. The highest BCUT2D eigenvalue weighted by atomic mass is 16.5. The minimum absolute atomic E-state index is 0.217. The van der Waals surface area contributed by atoms with Gasteiger partial charge in [0.05, 0.1) is 0 Å². The van der Waals surface area contributed by atoms with Crippen molar-refractivity contribution in [2.75, 3.05) is 13.2 Å².